The third-order valence-corrected chi connectivity index (χ3v) is 1.99. The van der Waals surface area contributed by atoms with Crippen LogP contribution in [-0.2, 0) is 11.8 Å². The maximum Gasteiger partial charge on any atom is 0.244 e. The van der Waals surface area contributed by atoms with Crippen LogP contribution < -0.4 is 5.32 Å². The van der Waals surface area contributed by atoms with Crippen LogP contribution in [0.1, 0.15) is 18.0 Å². The molecule has 1 heterocycles. The van der Waals surface area contributed by atoms with Crippen LogP contribution in [0, 0.1) is 0 Å². The molecule has 1 amide bonds. The second-order valence-corrected chi connectivity index (χ2v) is 3.16. The number of carbonyl (C=O) groups is 1. The van der Waals surface area contributed by atoms with Crippen molar-refractivity contribution < 1.29 is 4.79 Å². The van der Waals surface area contributed by atoms with Gasteiger partial charge in [-0.3, -0.25) is 4.79 Å². The second kappa shape index (κ2) is 4.28. The fraction of sp³-hybridized carbons (Fsp3) is 0.500. The Kier molecular flexibility index (Phi) is 3.31. The molecule has 4 nitrogen and oxygen atoms in total. The number of nitrogens with one attached hydrogen (secondary N) is 1. The smallest absolute Gasteiger partial charge is 0.244 e. The van der Waals surface area contributed by atoms with Crippen molar-refractivity contribution in [3.8, 4) is 0 Å². The van der Waals surface area contributed by atoms with Gasteiger partial charge in [0.25, 0.3) is 0 Å². The summed E-state index contributed by atoms with van der Waals surface area (Å²) in [5.41, 5.74) is 0.579. The number of hydrogen-bond donors (Lipinski definition) is 1. The van der Waals surface area contributed by atoms with Gasteiger partial charge in [-0.2, -0.15) is 0 Å². The molecule has 0 radical (unpaired) electrons. The first-order valence-electron chi connectivity index (χ1n) is 4.04. The number of nitrogens with zero attached hydrogens (tertiary/aromatic N) is 2. The van der Waals surface area contributed by atoms with Crippen LogP contribution in [0.25, 0.3) is 0 Å². The molecule has 0 saturated carbocycles. The zero-order valence-corrected chi connectivity index (χ0v) is 8.38. The van der Waals surface area contributed by atoms with Gasteiger partial charge in [0, 0.05) is 19.8 Å². The number of halogens is 1. The molecule has 1 aromatic heterocycles. The highest BCUT2D eigenvalue weighted by Gasteiger charge is 2.18. The zero-order valence-electron chi connectivity index (χ0n) is 7.62. The van der Waals surface area contributed by atoms with Crippen molar-refractivity contribution in [1.82, 2.24) is 14.9 Å². The minimum absolute atomic E-state index is 0.206. The van der Waals surface area contributed by atoms with E-state index in [0.717, 1.165) is 0 Å². The van der Waals surface area contributed by atoms with Crippen molar-refractivity contribution >= 4 is 17.5 Å². The third-order valence-electron chi connectivity index (χ3n) is 1.57. The van der Waals surface area contributed by atoms with Gasteiger partial charge >= 0.3 is 0 Å². The van der Waals surface area contributed by atoms with Crippen LogP contribution in [0.15, 0.2) is 12.5 Å². The Morgan fingerprint density at radius 2 is 2.54 bits per heavy atom. The maximum atomic E-state index is 11.3. The number of alkyl halides is 1. The summed E-state index contributed by atoms with van der Waals surface area (Å²) >= 11 is 5.86. The van der Waals surface area contributed by atoms with Crippen molar-refractivity contribution in [2.24, 2.45) is 7.05 Å². The molecule has 0 spiro atoms. The Bertz CT molecular complexity index is 297. The Balaban J connectivity index is 2.67. The number of likely N-dealkylation sites (N-methyl/N-ethyl adjacent to an activating group) is 1. The Labute approximate surface area is 81.9 Å². The van der Waals surface area contributed by atoms with Crippen molar-refractivity contribution in [2.75, 3.05) is 6.54 Å². The number of rotatable bonds is 3. The lowest BCUT2D eigenvalue weighted by Gasteiger charge is -2.05. The van der Waals surface area contributed by atoms with E-state index in [1.54, 1.807) is 17.1 Å². The SMILES string of the molecule is CCNC(=O)C(Cl)c1cn(C)cn1. The molecule has 1 N–H and O–H groups in total. The summed E-state index contributed by atoms with van der Waals surface area (Å²) in [7, 11) is 1.83. The van der Waals surface area contributed by atoms with Crippen molar-refractivity contribution in [1.29, 1.82) is 0 Å². The number of amides is 1. The summed E-state index contributed by atoms with van der Waals surface area (Å²) in [6.07, 6.45) is 3.34. The predicted molar refractivity (Wildman–Crippen MR) is 50.5 cm³/mol. The van der Waals surface area contributed by atoms with Gasteiger partial charge in [0.05, 0.1) is 12.0 Å². The number of aromatic nitrogens is 2. The molecular formula is C8H12ClN3O. The zero-order chi connectivity index (χ0) is 9.84. The molecule has 0 saturated heterocycles. The van der Waals surface area contributed by atoms with E-state index in [4.69, 9.17) is 11.6 Å². The predicted octanol–water partition coefficient (Wildman–Crippen LogP) is 0.836. The Morgan fingerprint density at radius 3 is 3.00 bits per heavy atom. The fourth-order valence-electron chi connectivity index (χ4n) is 0.962. The quantitative estimate of drug-likeness (QED) is 0.737. The molecule has 13 heavy (non-hydrogen) atoms. The molecule has 72 valence electrons. The van der Waals surface area contributed by atoms with Crippen LogP contribution in [0.2, 0.25) is 0 Å². The molecule has 1 unspecified atom stereocenters. The molecule has 0 fully saturated rings. The van der Waals surface area contributed by atoms with Gasteiger partial charge in [0.2, 0.25) is 5.91 Å². The molecule has 0 aliphatic rings. The summed E-state index contributed by atoms with van der Waals surface area (Å²) in [5, 5.41) is 1.94. The monoisotopic (exact) mass is 201 g/mol. The largest absolute Gasteiger partial charge is 0.355 e. The minimum Gasteiger partial charge on any atom is -0.355 e. The first kappa shape index (κ1) is 10.1. The Hall–Kier alpha value is -1.03. The van der Waals surface area contributed by atoms with Crippen LogP contribution in [-0.4, -0.2) is 22.0 Å². The molecule has 1 rings (SSSR count). The molecule has 0 aliphatic carbocycles. The Morgan fingerprint density at radius 1 is 1.85 bits per heavy atom. The summed E-state index contributed by atoms with van der Waals surface area (Å²) in [6, 6.07) is 0. The van der Waals surface area contributed by atoms with Gasteiger partial charge in [0.1, 0.15) is 0 Å². The highest BCUT2D eigenvalue weighted by molar-refractivity contribution is 6.30. The van der Waals surface area contributed by atoms with E-state index in [0.29, 0.717) is 12.2 Å². The standard InChI is InChI=1S/C8H12ClN3O/c1-3-10-8(13)7(9)6-4-12(2)5-11-6/h4-5,7H,3H2,1-2H3,(H,10,13). The lowest BCUT2D eigenvalue weighted by molar-refractivity contribution is -0.120. The van der Waals surface area contributed by atoms with Crippen LogP contribution >= 0.6 is 11.6 Å². The van der Waals surface area contributed by atoms with Crippen molar-refractivity contribution in [3.05, 3.63) is 18.2 Å². The van der Waals surface area contributed by atoms with Gasteiger partial charge in [0.15, 0.2) is 5.38 Å². The summed E-state index contributed by atoms with van der Waals surface area (Å²) < 4.78 is 1.75. The number of hydrogen-bond acceptors (Lipinski definition) is 2. The van der Waals surface area contributed by atoms with Gasteiger partial charge in [-0.25, -0.2) is 4.98 Å². The second-order valence-electron chi connectivity index (χ2n) is 2.72. The first-order valence-corrected chi connectivity index (χ1v) is 4.48. The van der Waals surface area contributed by atoms with Gasteiger partial charge in [-0.15, -0.1) is 11.6 Å². The van der Waals surface area contributed by atoms with Crippen LogP contribution in [0.3, 0.4) is 0 Å². The lowest BCUT2D eigenvalue weighted by atomic mass is 10.3. The van der Waals surface area contributed by atoms with E-state index >= 15 is 0 Å². The molecule has 0 bridgehead atoms. The molecule has 0 aromatic carbocycles. The average molecular weight is 202 g/mol. The number of imidazole rings is 1. The average Bonchev–Trinajstić information content (AvgIpc) is 2.51. The lowest BCUT2D eigenvalue weighted by Crippen LogP contribution is -2.26. The summed E-state index contributed by atoms with van der Waals surface area (Å²) in [5.74, 6) is -0.206. The molecule has 0 aliphatic heterocycles. The van der Waals surface area contributed by atoms with E-state index in [1.165, 1.54) is 0 Å². The third kappa shape index (κ3) is 2.45. The normalized spacial score (nSPS) is 12.5. The van der Waals surface area contributed by atoms with Gasteiger partial charge in [-0.05, 0) is 6.92 Å². The molecule has 1 aromatic rings. The summed E-state index contributed by atoms with van der Waals surface area (Å²) in [6.45, 7) is 2.43. The molecular weight excluding hydrogens is 190 g/mol. The van der Waals surface area contributed by atoms with E-state index < -0.39 is 5.38 Å². The van der Waals surface area contributed by atoms with E-state index in [-0.39, 0.29) is 5.91 Å². The van der Waals surface area contributed by atoms with Crippen molar-refractivity contribution in [2.45, 2.75) is 12.3 Å². The number of carbonyl (C=O) groups excluding carboxylic acids is 1. The van der Waals surface area contributed by atoms with Crippen LogP contribution in [0.4, 0.5) is 0 Å². The summed E-state index contributed by atoms with van der Waals surface area (Å²) in [4.78, 5) is 15.2. The highest BCUT2D eigenvalue weighted by atomic mass is 35.5. The van der Waals surface area contributed by atoms with Crippen molar-refractivity contribution in [3.63, 3.8) is 0 Å². The minimum atomic E-state index is -0.693. The van der Waals surface area contributed by atoms with E-state index in [9.17, 15) is 4.79 Å². The van der Waals surface area contributed by atoms with Gasteiger partial charge in [-0.1, -0.05) is 0 Å². The van der Waals surface area contributed by atoms with Crippen LogP contribution in [0.5, 0.6) is 0 Å². The maximum absolute atomic E-state index is 11.3. The fourth-order valence-corrected chi connectivity index (χ4v) is 1.15. The molecule has 1 atom stereocenters. The number of aryl methyl sites for hydroxylation is 1. The first-order chi connectivity index (χ1) is 6.15. The van der Waals surface area contributed by atoms with E-state index in [2.05, 4.69) is 10.3 Å². The highest BCUT2D eigenvalue weighted by Crippen LogP contribution is 2.17. The molecule has 5 heteroatoms. The van der Waals surface area contributed by atoms with E-state index in [1.807, 2.05) is 14.0 Å². The van der Waals surface area contributed by atoms with Gasteiger partial charge < -0.3 is 9.88 Å². The topological polar surface area (TPSA) is 46.9 Å².